The van der Waals surface area contributed by atoms with Gasteiger partial charge in [0.1, 0.15) is 0 Å². The van der Waals surface area contributed by atoms with E-state index in [1.807, 2.05) is 20.8 Å². The van der Waals surface area contributed by atoms with Crippen LogP contribution in [0.3, 0.4) is 0 Å². The van der Waals surface area contributed by atoms with Crippen LogP contribution in [0.25, 0.3) is 5.32 Å². The third-order valence-corrected chi connectivity index (χ3v) is 1.48. The zero-order valence-electron chi connectivity index (χ0n) is 8.05. The van der Waals surface area contributed by atoms with E-state index in [-0.39, 0.29) is 70.0 Å². The van der Waals surface area contributed by atoms with Gasteiger partial charge in [-0.25, -0.2) is 0 Å². The summed E-state index contributed by atoms with van der Waals surface area (Å²) >= 11 is 0. The Hall–Kier alpha value is 1.28. The molecule has 1 aliphatic heterocycles. The van der Waals surface area contributed by atoms with E-state index in [9.17, 15) is 4.79 Å². The number of rotatable bonds is 0. The number of hydrogen-bond acceptors (Lipinski definition) is 1. The first kappa shape index (κ1) is 14.8. The summed E-state index contributed by atoms with van der Waals surface area (Å²) in [7, 11) is 0. The standard InChI is InChI=1S/C6H11NO.C2H6.Rb/c1-5-3-2-4-7-6(5)8;1-2;/h5H,2-4H2,1H3,(H,7,8);1-2H3;/q;;+1/p-1. The third kappa shape index (κ3) is 6.44. The van der Waals surface area contributed by atoms with E-state index in [1.54, 1.807) is 0 Å². The molecule has 0 bridgehead atoms. The zero-order valence-corrected chi connectivity index (χ0v) is 13.0. The molecule has 1 atom stereocenters. The summed E-state index contributed by atoms with van der Waals surface area (Å²) in [6.45, 7) is 6.69. The molecule has 1 rings (SSSR count). The van der Waals surface area contributed by atoms with Crippen molar-refractivity contribution < 1.29 is 63.0 Å². The van der Waals surface area contributed by atoms with Gasteiger partial charge in [0.2, 0.25) is 0 Å². The average molecular weight is 228 g/mol. The number of piperidine rings is 1. The van der Waals surface area contributed by atoms with Crippen molar-refractivity contribution in [2.24, 2.45) is 5.92 Å². The zero-order chi connectivity index (χ0) is 7.98. The van der Waals surface area contributed by atoms with Gasteiger partial charge in [-0.3, -0.25) is 0 Å². The Kier molecular flexibility index (Phi) is 12.6. The minimum atomic E-state index is 0. The predicted octanol–water partition coefficient (Wildman–Crippen LogP) is -0.653. The van der Waals surface area contributed by atoms with E-state index in [0.717, 1.165) is 19.4 Å². The molecular weight excluding hydrogens is 212 g/mol. The van der Waals surface area contributed by atoms with Gasteiger partial charge in [-0.05, 0) is 12.3 Å². The van der Waals surface area contributed by atoms with Crippen molar-refractivity contribution in [3.63, 3.8) is 0 Å². The summed E-state index contributed by atoms with van der Waals surface area (Å²) in [6, 6.07) is 0. The van der Waals surface area contributed by atoms with E-state index >= 15 is 0 Å². The quantitative estimate of drug-likeness (QED) is 0.541. The van der Waals surface area contributed by atoms with Gasteiger partial charge in [0.05, 0.1) is 5.91 Å². The Balaban J connectivity index is 0. The van der Waals surface area contributed by atoms with E-state index in [0.29, 0.717) is 0 Å². The molecule has 0 aromatic heterocycles. The van der Waals surface area contributed by atoms with Crippen molar-refractivity contribution in [2.45, 2.75) is 33.6 Å². The molecular formula is C8H16NORb. The van der Waals surface area contributed by atoms with Gasteiger partial charge < -0.3 is 10.1 Å². The Morgan fingerprint density at radius 3 is 2.27 bits per heavy atom. The topological polar surface area (TPSA) is 31.2 Å². The maximum absolute atomic E-state index is 10.6. The molecule has 0 aromatic carbocycles. The molecule has 1 heterocycles. The second-order valence-electron chi connectivity index (χ2n) is 2.26. The molecule has 0 aromatic rings. The molecule has 1 saturated heterocycles. The SMILES string of the molecule is CC.CC1CCC[N-]C1=O.[Rb+]. The first-order valence-electron chi connectivity index (χ1n) is 4.02. The monoisotopic (exact) mass is 227 g/mol. The molecule has 1 unspecified atom stereocenters. The van der Waals surface area contributed by atoms with Crippen molar-refractivity contribution in [2.75, 3.05) is 6.54 Å². The summed E-state index contributed by atoms with van der Waals surface area (Å²) < 4.78 is 0. The first-order chi connectivity index (χ1) is 4.80. The van der Waals surface area contributed by atoms with Crippen LogP contribution in [0.1, 0.15) is 33.6 Å². The van der Waals surface area contributed by atoms with Crippen molar-refractivity contribution in [3.8, 4) is 0 Å². The van der Waals surface area contributed by atoms with Gasteiger partial charge in [-0.15, -0.1) is 6.54 Å². The molecule has 0 saturated carbocycles. The van der Waals surface area contributed by atoms with Crippen LogP contribution in [-0.2, 0) is 4.79 Å². The first-order valence-corrected chi connectivity index (χ1v) is 4.02. The Morgan fingerprint density at radius 1 is 1.45 bits per heavy atom. The largest absolute Gasteiger partial charge is 1.00 e. The van der Waals surface area contributed by atoms with E-state index in [2.05, 4.69) is 5.32 Å². The fourth-order valence-electron chi connectivity index (χ4n) is 0.866. The molecule has 1 aliphatic rings. The smallest absolute Gasteiger partial charge is 0.653 e. The summed E-state index contributed by atoms with van der Waals surface area (Å²) in [5, 5.41) is 3.77. The van der Waals surface area contributed by atoms with E-state index in [4.69, 9.17) is 0 Å². The summed E-state index contributed by atoms with van der Waals surface area (Å²) in [4.78, 5) is 10.6. The molecule has 3 heteroatoms. The second kappa shape index (κ2) is 9.36. The number of carbonyl (C=O) groups excluding carboxylic acids is 1. The fraction of sp³-hybridized carbons (Fsp3) is 0.875. The van der Waals surface area contributed by atoms with Crippen LogP contribution in [-0.4, -0.2) is 12.5 Å². The van der Waals surface area contributed by atoms with Gasteiger partial charge >= 0.3 is 58.2 Å². The van der Waals surface area contributed by atoms with E-state index < -0.39 is 0 Å². The molecule has 1 fully saturated rings. The Morgan fingerprint density at radius 2 is 2.00 bits per heavy atom. The maximum Gasteiger partial charge on any atom is 1.00 e. The second-order valence-corrected chi connectivity index (χ2v) is 2.26. The van der Waals surface area contributed by atoms with Gasteiger partial charge in [-0.2, -0.15) is 0 Å². The molecule has 0 aliphatic carbocycles. The van der Waals surface area contributed by atoms with Gasteiger partial charge in [0, 0.05) is 0 Å². The van der Waals surface area contributed by atoms with Gasteiger partial charge in [0.25, 0.3) is 0 Å². The van der Waals surface area contributed by atoms with Crippen LogP contribution >= 0.6 is 0 Å². The normalized spacial score (nSPS) is 22.1. The van der Waals surface area contributed by atoms with Gasteiger partial charge in [0.15, 0.2) is 0 Å². The minimum absolute atomic E-state index is 0. The molecule has 0 N–H and O–H groups in total. The number of hydrogen-bond donors (Lipinski definition) is 0. The Labute approximate surface area is 118 Å². The van der Waals surface area contributed by atoms with Crippen molar-refractivity contribution >= 4 is 5.91 Å². The maximum atomic E-state index is 10.6. The van der Waals surface area contributed by atoms with Crippen LogP contribution in [0.2, 0.25) is 0 Å². The predicted molar refractivity (Wildman–Crippen MR) is 43.0 cm³/mol. The van der Waals surface area contributed by atoms with Gasteiger partial charge in [-0.1, -0.05) is 27.2 Å². The van der Waals surface area contributed by atoms with Crippen LogP contribution < -0.4 is 58.2 Å². The van der Waals surface area contributed by atoms with E-state index in [1.165, 1.54) is 0 Å². The van der Waals surface area contributed by atoms with Crippen molar-refractivity contribution in [1.29, 1.82) is 0 Å². The number of nitrogens with zero attached hydrogens (tertiary/aromatic N) is 1. The average Bonchev–Trinajstić information content (AvgIpc) is 2.00. The van der Waals surface area contributed by atoms with Crippen molar-refractivity contribution in [3.05, 3.63) is 5.32 Å². The summed E-state index contributed by atoms with van der Waals surface area (Å²) in [6.07, 6.45) is 2.12. The third-order valence-electron chi connectivity index (χ3n) is 1.48. The van der Waals surface area contributed by atoms with Crippen LogP contribution in [0, 0.1) is 5.92 Å². The Bertz CT molecular complexity index is 106. The number of carbonyl (C=O) groups is 1. The summed E-state index contributed by atoms with van der Waals surface area (Å²) in [5.74, 6) is 0.292. The molecule has 0 spiro atoms. The van der Waals surface area contributed by atoms with Crippen LogP contribution in [0.5, 0.6) is 0 Å². The molecule has 0 radical (unpaired) electrons. The fourth-order valence-corrected chi connectivity index (χ4v) is 0.866. The number of amides is 1. The summed E-state index contributed by atoms with van der Waals surface area (Å²) in [5.41, 5.74) is 0. The molecule has 11 heavy (non-hydrogen) atoms. The van der Waals surface area contributed by atoms with Crippen LogP contribution in [0.4, 0.5) is 0 Å². The molecule has 60 valence electrons. The van der Waals surface area contributed by atoms with Crippen molar-refractivity contribution in [1.82, 2.24) is 0 Å². The molecule has 1 amide bonds. The minimum Gasteiger partial charge on any atom is -0.653 e. The van der Waals surface area contributed by atoms with Crippen LogP contribution in [0.15, 0.2) is 0 Å². The molecule has 2 nitrogen and oxygen atoms in total.